The zero-order valence-electron chi connectivity index (χ0n) is 11.2. The van der Waals surface area contributed by atoms with E-state index in [-0.39, 0.29) is 24.6 Å². The highest BCUT2D eigenvalue weighted by Crippen LogP contribution is 2.41. The van der Waals surface area contributed by atoms with Crippen molar-refractivity contribution in [1.29, 1.82) is 0 Å². The zero-order chi connectivity index (χ0) is 13.0. The number of ether oxygens (including phenoxy) is 4. The molecule has 0 bridgehead atoms. The zero-order valence-corrected chi connectivity index (χ0v) is 11.2. The van der Waals surface area contributed by atoms with Crippen LogP contribution in [0.4, 0.5) is 0 Å². The van der Waals surface area contributed by atoms with Crippen molar-refractivity contribution >= 4 is 0 Å². The maximum atomic E-state index is 6.03. The molecule has 102 valence electrons. The average molecular weight is 262 g/mol. The Morgan fingerprint density at radius 3 is 2.68 bits per heavy atom. The van der Waals surface area contributed by atoms with Crippen LogP contribution in [0.25, 0.3) is 0 Å². The first-order chi connectivity index (χ1) is 9.12. The number of rotatable bonds is 0. The quantitative estimate of drug-likeness (QED) is 0.716. The molecule has 0 unspecified atom stereocenters. The van der Waals surface area contributed by atoms with Crippen LogP contribution in [0.3, 0.4) is 0 Å². The van der Waals surface area contributed by atoms with Crippen LogP contribution in [-0.2, 0) is 32.0 Å². The lowest BCUT2D eigenvalue weighted by Crippen LogP contribution is -2.36. The molecule has 3 aliphatic rings. The Kier molecular flexibility index (Phi) is 2.51. The van der Waals surface area contributed by atoms with Gasteiger partial charge in [0.25, 0.3) is 0 Å². The Hall–Kier alpha value is -0.940. The van der Waals surface area contributed by atoms with Crippen molar-refractivity contribution in [1.82, 2.24) is 0 Å². The predicted molar refractivity (Wildman–Crippen MR) is 67.4 cm³/mol. The van der Waals surface area contributed by atoms with Gasteiger partial charge in [-0.15, -0.1) is 0 Å². The standard InChI is InChI=1S/C15H18O4/c1-15(2)18-13-12-11(17-14(13)19-15)7-9-5-3-4-6-10(9)8-16-12/h3-6,11-14H,7-8H2,1-2H3/t11-,12+,13-,14-/m1/s1. The lowest BCUT2D eigenvalue weighted by molar-refractivity contribution is -0.217. The molecule has 0 saturated carbocycles. The molecular weight excluding hydrogens is 244 g/mol. The van der Waals surface area contributed by atoms with Crippen LogP contribution in [0.15, 0.2) is 24.3 Å². The Balaban J connectivity index is 1.61. The fourth-order valence-corrected chi connectivity index (χ4v) is 3.21. The molecule has 1 aromatic rings. The maximum absolute atomic E-state index is 6.03. The van der Waals surface area contributed by atoms with Gasteiger partial charge in [-0.1, -0.05) is 24.3 Å². The van der Waals surface area contributed by atoms with Crippen LogP contribution in [0.1, 0.15) is 25.0 Å². The molecule has 3 aliphatic heterocycles. The van der Waals surface area contributed by atoms with Gasteiger partial charge in [0, 0.05) is 6.42 Å². The van der Waals surface area contributed by atoms with Gasteiger partial charge >= 0.3 is 0 Å². The molecule has 0 amide bonds. The van der Waals surface area contributed by atoms with Crippen molar-refractivity contribution in [3.63, 3.8) is 0 Å². The van der Waals surface area contributed by atoms with Gasteiger partial charge in [0.05, 0.1) is 12.7 Å². The van der Waals surface area contributed by atoms with Crippen molar-refractivity contribution in [2.75, 3.05) is 0 Å². The maximum Gasteiger partial charge on any atom is 0.190 e. The predicted octanol–water partition coefficient (Wildman–Crippen LogP) is 2.00. The number of hydrogen-bond donors (Lipinski definition) is 0. The monoisotopic (exact) mass is 262 g/mol. The average Bonchev–Trinajstić information content (AvgIpc) is 2.74. The van der Waals surface area contributed by atoms with E-state index in [4.69, 9.17) is 18.9 Å². The largest absolute Gasteiger partial charge is 0.368 e. The number of hydrogen-bond acceptors (Lipinski definition) is 4. The highest BCUT2D eigenvalue weighted by atomic mass is 16.8. The van der Waals surface area contributed by atoms with E-state index >= 15 is 0 Å². The van der Waals surface area contributed by atoms with Gasteiger partial charge in [0.1, 0.15) is 12.2 Å². The SMILES string of the molecule is CC1(C)O[C@H]2O[C@@H]3Cc4ccccc4CO[C@@H]3[C@H]2O1. The molecular formula is C15H18O4. The fraction of sp³-hybridized carbons (Fsp3) is 0.600. The normalized spacial score (nSPS) is 39.3. The summed E-state index contributed by atoms with van der Waals surface area (Å²) < 4.78 is 23.7. The third-order valence-corrected chi connectivity index (χ3v) is 4.06. The van der Waals surface area contributed by atoms with Gasteiger partial charge in [-0.2, -0.15) is 0 Å². The third kappa shape index (κ3) is 1.91. The molecule has 4 nitrogen and oxygen atoms in total. The first-order valence-corrected chi connectivity index (χ1v) is 6.82. The summed E-state index contributed by atoms with van der Waals surface area (Å²) in [7, 11) is 0. The second kappa shape index (κ2) is 4.03. The van der Waals surface area contributed by atoms with E-state index in [2.05, 4.69) is 18.2 Å². The van der Waals surface area contributed by atoms with E-state index in [0.29, 0.717) is 6.61 Å². The molecule has 4 atom stereocenters. The first kappa shape index (κ1) is 11.9. The number of benzene rings is 1. The fourth-order valence-electron chi connectivity index (χ4n) is 3.21. The van der Waals surface area contributed by atoms with Crippen molar-refractivity contribution < 1.29 is 18.9 Å². The van der Waals surface area contributed by atoms with Crippen LogP contribution in [0, 0.1) is 0 Å². The Morgan fingerprint density at radius 1 is 1.05 bits per heavy atom. The van der Waals surface area contributed by atoms with E-state index < -0.39 is 5.79 Å². The van der Waals surface area contributed by atoms with E-state index in [1.807, 2.05) is 19.9 Å². The van der Waals surface area contributed by atoms with Gasteiger partial charge < -0.3 is 18.9 Å². The summed E-state index contributed by atoms with van der Waals surface area (Å²) in [4.78, 5) is 0. The molecule has 1 aromatic carbocycles. The molecule has 4 rings (SSSR count). The van der Waals surface area contributed by atoms with Crippen molar-refractivity contribution in [2.24, 2.45) is 0 Å². The molecule has 0 spiro atoms. The van der Waals surface area contributed by atoms with Crippen LogP contribution >= 0.6 is 0 Å². The third-order valence-electron chi connectivity index (χ3n) is 4.06. The van der Waals surface area contributed by atoms with Crippen molar-refractivity contribution in [3.05, 3.63) is 35.4 Å². The minimum atomic E-state index is -0.581. The van der Waals surface area contributed by atoms with Crippen molar-refractivity contribution in [3.8, 4) is 0 Å². The van der Waals surface area contributed by atoms with Crippen LogP contribution in [-0.4, -0.2) is 30.4 Å². The smallest absolute Gasteiger partial charge is 0.190 e. The summed E-state index contributed by atoms with van der Waals surface area (Å²) in [6.07, 6.45) is 0.430. The second-order valence-corrected chi connectivity index (χ2v) is 5.89. The van der Waals surface area contributed by atoms with Crippen LogP contribution < -0.4 is 0 Å². The Morgan fingerprint density at radius 2 is 1.84 bits per heavy atom. The summed E-state index contributed by atoms with van der Waals surface area (Å²) >= 11 is 0. The molecule has 0 N–H and O–H groups in total. The minimum Gasteiger partial charge on any atom is -0.368 e. The summed E-state index contributed by atoms with van der Waals surface area (Å²) in [6, 6.07) is 8.37. The molecule has 2 saturated heterocycles. The lowest BCUT2D eigenvalue weighted by Gasteiger charge is -2.24. The molecule has 0 radical (unpaired) electrons. The molecule has 4 heteroatoms. The summed E-state index contributed by atoms with van der Waals surface area (Å²) in [5.41, 5.74) is 2.55. The van der Waals surface area contributed by atoms with Gasteiger partial charge in [-0.05, 0) is 25.0 Å². The summed E-state index contributed by atoms with van der Waals surface area (Å²) in [6.45, 7) is 4.44. The van der Waals surface area contributed by atoms with Gasteiger partial charge in [-0.3, -0.25) is 0 Å². The van der Waals surface area contributed by atoms with E-state index in [1.165, 1.54) is 11.1 Å². The van der Waals surface area contributed by atoms with Crippen LogP contribution in [0.2, 0.25) is 0 Å². The molecule has 0 aromatic heterocycles. The van der Waals surface area contributed by atoms with Gasteiger partial charge in [-0.25, -0.2) is 0 Å². The Labute approximate surface area is 112 Å². The highest BCUT2D eigenvalue weighted by molar-refractivity contribution is 5.28. The summed E-state index contributed by atoms with van der Waals surface area (Å²) in [5.74, 6) is -0.581. The topological polar surface area (TPSA) is 36.9 Å². The summed E-state index contributed by atoms with van der Waals surface area (Å²) in [5, 5.41) is 0. The minimum absolute atomic E-state index is 0.0229. The molecule has 2 fully saturated rings. The number of fused-ring (bicyclic) bond motifs is 4. The van der Waals surface area contributed by atoms with Gasteiger partial charge in [0.2, 0.25) is 0 Å². The molecule has 3 heterocycles. The lowest BCUT2D eigenvalue weighted by atomic mass is 10.0. The van der Waals surface area contributed by atoms with Gasteiger partial charge in [0.15, 0.2) is 12.1 Å². The van der Waals surface area contributed by atoms with E-state index in [0.717, 1.165) is 6.42 Å². The first-order valence-electron chi connectivity index (χ1n) is 6.82. The molecule has 0 aliphatic carbocycles. The van der Waals surface area contributed by atoms with Crippen LogP contribution in [0.5, 0.6) is 0 Å². The van der Waals surface area contributed by atoms with E-state index in [9.17, 15) is 0 Å². The highest BCUT2D eigenvalue weighted by Gasteiger charge is 2.55. The van der Waals surface area contributed by atoms with E-state index in [1.54, 1.807) is 0 Å². The molecule has 19 heavy (non-hydrogen) atoms. The second-order valence-electron chi connectivity index (χ2n) is 5.89. The Bertz CT molecular complexity index is 499. The van der Waals surface area contributed by atoms with Crippen molar-refractivity contribution in [2.45, 2.75) is 57.3 Å².